The molecule has 0 saturated heterocycles. The van der Waals surface area contributed by atoms with Crippen molar-refractivity contribution in [2.45, 2.75) is 145 Å². The molecule has 0 saturated carbocycles. The molecule has 4 heteroatoms. The highest BCUT2D eigenvalue weighted by Gasteiger charge is 2.17. The van der Waals surface area contributed by atoms with Crippen molar-refractivity contribution in [3.05, 3.63) is 212 Å². The molecule has 390 valence electrons. The van der Waals surface area contributed by atoms with E-state index in [1.165, 1.54) is 79.5 Å². The lowest BCUT2D eigenvalue weighted by Crippen LogP contribution is -2.32. The van der Waals surface area contributed by atoms with Gasteiger partial charge in [-0.25, -0.2) is 18.3 Å². The van der Waals surface area contributed by atoms with Gasteiger partial charge in [-0.05, 0) is 158 Å². The molecule has 0 aliphatic carbocycles. The van der Waals surface area contributed by atoms with Gasteiger partial charge in [0.25, 0.3) is 0 Å². The highest BCUT2D eigenvalue weighted by atomic mass is 14.9. The molecular weight excluding hydrogens is 885 g/mol. The Balaban J connectivity index is 0.000000527. The van der Waals surface area contributed by atoms with E-state index < -0.39 is 19.6 Å². The molecule has 0 bridgehead atoms. The predicted molar refractivity (Wildman–Crippen MR) is 319 cm³/mol. The molecule has 0 aliphatic heterocycles. The minimum Gasteiger partial charge on any atom is -0.201 e. The third-order valence-corrected chi connectivity index (χ3v) is 13.0. The predicted octanol–water partition coefficient (Wildman–Crippen LogP) is 16.3. The first-order chi connectivity index (χ1) is 35.4. The zero-order valence-corrected chi connectivity index (χ0v) is 44.5. The lowest BCUT2D eigenvalue weighted by Gasteiger charge is -2.08. The molecule has 0 unspecified atom stereocenters. The fraction of sp³-hybridized carbons (Fsp3) is 0.362. The van der Waals surface area contributed by atoms with Crippen LogP contribution in [-0.2, 0) is 53.8 Å². The van der Waals surface area contributed by atoms with Crippen molar-refractivity contribution in [3.8, 4) is 45.0 Å². The number of pyridine rings is 4. The van der Waals surface area contributed by atoms with Crippen molar-refractivity contribution >= 4 is 0 Å². The van der Waals surface area contributed by atoms with Gasteiger partial charge in [-0.2, -0.15) is 0 Å². The molecule has 0 N–H and O–H groups in total. The monoisotopic (exact) mass is 990 g/mol. The van der Waals surface area contributed by atoms with Crippen LogP contribution < -0.4 is 18.3 Å². The number of nitrogens with zero attached hydrogens (tertiary/aromatic N) is 4. The molecule has 73 heavy (non-hydrogen) atoms. The summed E-state index contributed by atoms with van der Waals surface area (Å²) in [5.74, 6) is 0. The van der Waals surface area contributed by atoms with Crippen LogP contribution in [-0.4, -0.2) is 0 Å². The Morgan fingerprint density at radius 3 is 1.18 bits per heavy atom. The summed E-state index contributed by atoms with van der Waals surface area (Å²) in [4.78, 5) is 0. The Labute approximate surface area is 457 Å². The van der Waals surface area contributed by atoms with E-state index in [1.807, 2.05) is 55.4 Å². The molecule has 0 atom stereocenters. The van der Waals surface area contributed by atoms with Crippen molar-refractivity contribution in [2.24, 2.45) is 28.2 Å². The van der Waals surface area contributed by atoms with E-state index >= 15 is 0 Å². The largest absolute Gasteiger partial charge is 0.212 e. The van der Waals surface area contributed by atoms with Gasteiger partial charge in [0.15, 0.2) is 24.8 Å². The summed E-state index contributed by atoms with van der Waals surface area (Å²) < 4.78 is 62.1. The summed E-state index contributed by atoms with van der Waals surface area (Å²) >= 11 is 0. The molecule has 0 spiro atoms. The van der Waals surface area contributed by atoms with Crippen LogP contribution in [0.3, 0.4) is 0 Å². The molecule has 0 amide bonds. The van der Waals surface area contributed by atoms with Gasteiger partial charge in [0, 0.05) is 78.4 Å². The zero-order chi connectivity index (χ0) is 56.6. The second-order valence-corrected chi connectivity index (χ2v) is 18.5. The average Bonchev–Trinajstić information content (AvgIpc) is 3.33. The number of rotatable bonds is 8. The van der Waals surface area contributed by atoms with Crippen molar-refractivity contribution in [1.29, 1.82) is 0 Å². The molecular formula is C69H98N4+4. The molecule has 0 radical (unpaired) electrons. The van der Waals surface area contributed by atoms with Crippen molar-refractivity contribution < 1.29 is 27.9 Å². The van der Waals surface area contributed by atoms with Crippen LogP contribution in [0.5, 0.6) is 0 Å². The Morgan fingerprint density at radius 1 is 0.356 bits per heavy atom. The zero-order valence-electron chi connectivity index (χ0n) is 51.5. The van der Waals surface area contributed by atoms with E-state index in [-0.39, 0.29) is 29.7 Å². The Bertz CT molecular complexity index is 3260. The van der Waals surface area contributed by atoms with Crippen LogP contribution in [0, 0.1) is 62.2 Å². The fourth-order valence-corrected chi connectivity index (χ4v) is 8.92. The molecule has 8 rings (SSSR count). The smallest absolute Gasteiger partial charge is 0.201 e. The Hall–Kier alpha value is -6.52. The van der Waals surface area contributed by atoms with Crippen LogP contribution in [0.2, 0.25) is 0 Å². The minimum absolute atomic E-state index is 0. The van der Waals surface area contributed by atoms with Crippen molar-refractivity contribution in [1.82, 2.24) is 0 Å². The summed E-state index contributed by atoms with van der Waals surface area (Å²) in [6, 6.07) is 39.2. The lowest BCUT2D eigenvalue weighted by molar-refractivity contribution is -0.661. The van der Waals surface area contributed by atoms with Gasteiger partial charge in [-0.15, -0.1) is 0 Å². The standard InChI is InChI=1S/C17H22N.3C16H20N.4CH4/c1-6-15-11-18(5)17(10-13(15)3)16-8-7-12(2)9-14(16)4;2*1-5-14-7-9-16(17(4)11-14)15-8-6-12(2)10-13(15)3;1-5-14-11-17(4)16(10-13(14)3)15-9-7-6-8-12(15)2;;;;/h7-11H,6H2,1-5H3;3*6-11H,5H2,1-4H3;4*1H4/q4*+1;;;;/i6D2;2D3,5D2;;;;;;. The molecule has 0 fully saturated rings. The fourth-order valence-electron chi connectivity index (χ4n) is 8.92. The van der Waals surface area contributed by atoms with Crippen molar-refractivity contribution in [3.63, 3.8) is 0 Å². The van der Waals surface area contributed by atoms with E-state index in [0.29, 0.717) is 11.1 Å². The van der Waals surface area contributed by atoms with Gasteiger partial charge in [-0.3, -0.25) is 0 Å². The molecule has 8 aromatic rings. The molecule has 4 aromatic carbocycles. The third-order valence-electron chi connectivity index (χ3n) is 13.0. The average molecular weight is 991 g/mol. The topological polar surface area (TPSA) is 15.5 Å². The first kappa shape index (κ1) is 52.8. The van der Waals surface area contributed by atoms with Gasteiger partial charge in [-0.1, -0.05) is 129 Å². The molecule has 4 heterocycles. The molecule has 4 aromatic heterocycles. The normalized spacial score (nSPS) is 12.0. The first-order valence-corrected chi connectivity index (χ1v) is 24.3. The highest BCUT2D eigenvalue weighted by molar-refractivity contribution is 5.64. The SMILES string of the molecule is C.C.C.C.CCc1c[n+](C)c(-c2ccccc2C)cc1C.CCc1ccc(-c2ccc(C)cc2C)[n+](C)c1.[2H]C([2H])(C)c1c[n+](C)c(-c2ccc(C)cc2C)cc1C.[2H]C([2H])([2H])c1ccc(-c2ccc(C([2H])([2H])C)c[n+]2C)c(C)c1. The number of aryl methyl sites for hydroxylation is 17. The number of hydrogen-bond acceptors (Lipinski definition) is 0. The van der Waals surface area contributed by atoms with Gasteiger partial charge in [0.1, 0.15) is 28.2 Å². The Morgan fingerprint density at radius 2 is 0.753 bits per heavy atom. The van der Waals surface area contributed by atoms with Crippen LogP contribution in [0.25, 0.3) is 45.0 Å². The van der Waals surface area contributed by atoms with E-state index in [4.69, 9.17) is 9.60 Å². The quantitative estimate of drug-likeness (QED) is 0.135. The van der Waals surface area contributed by atoms with E-state index in [2.05, 4.69) is 176 Å². The van der Waals surface area contributed by atoms with Crippen molar-refractivity contribution in [2.75, 3.05) is 0 Å². The van der Waals surface area contributed by atoms with Gasteiger partial charge in [0.2, 0.25) is 22.8 Å². The molecule has 4 nitrogen and oxygen atoms in total. The van der Waals surface area contributed by atoms with Gasteiger partial charge < -0.3 is 0 Å². The van der Waals surface area contributed by atoms with E-state index in [1.54, 1.807) is 31.3 Å². The number of benzene rings is 4. The maximum absolute atomic E-state index is 7.91. The minimum atomic E-state index is -2.10. The maximum atomic E-state index is 7.91. The summed E-state index contributed by atoms with van der Waals surface area (Å²) in [7, 11) is 8.08. The second kappa shape index (κ2) is 29.9. The lowest BCUT2D eigenvalue weighted by atomic mass is 9.99. The first-order valence-electron chi connectivity index (χ1n) is 27.8. The summed E-state index contributed by atoms with van der Waals surface area (Å²) in [6.45, 7) is 22.2. The second-order valence-electron chi connectivity index (χ2n) is 18.5. The third kappa shape index (κ3) is 16.8. The maximum Gasteiger partial charge on any atom is 0.212 e. The number of hydrogen-bond donors (Lipinski definition) is 0. The summed E-state index contributed by atoms with van der Waals surface area (Å²) in [5, 5.41) is 0. The Kier molecular flexibility index (Phi) is 21.6. The van der Waals surface area contributed by atoms with Crippen LogP contribution >= 0.6 is 0 Å². The van der Waals surface area contributed by atoms with Crippen LogP contribution in [0.1, 0.15) is 139 Å². The highest BCUT2D eigenvalue weighted by Crippen LogP contribution is 2.26. The van der Waals surface area contributed by atoms with Crippen LogP contribution in [0.15, 0.2) is 140 Å². The van der Waals surface area contributed by atoms with E-state index in [0.717, 1.165) is 46.5 Å². The summed E-state index contributed by atoms with van der Waals surface area (Å²) in [5.41, 5.74) is 23.6. The van der Waals surface area contributed by atoms with Crippen LogP contribution in [0.4, 0.5) is 0 Å². The van der Waals surface area contributed by atoms with Gasteiger partial charge in [0.05, 0.1) is 0 Å². The van der Waals surface area contributed by atoms with Gasteiger partial charge >= 0.3 is 0 Å². The van der Waals surface area contributed by atoms with E-state index in [9.17, 15) is 0 Å². The summed E-state index contributed by atoms with van der Waals surface area (Å²) in [6.07, 6.45) is 7.61. The molecule has 0 aliphatic rings. The number of aromatic nitrogens is 4.